The first-order valence-corrected chi connectivity index (χ1v) is 10.9. The van der Waals surface area contributed by atoms with E-state index < -0.39 is 0 Å². The van der Waals surface area contributed by atoms with Gasteiger partial charge in [-0.05, 0) is 58.3 Å². The molecule has 0 heterocycles. The zero-order valence-corrected chi connectivity index (χ0v) is 19.3. The van der Waals surface area contributed by atoms with Crippen LogP contribution in [-0.4, -0.2) is 12.1 Å². The maximum Gasteiger partial charge on any atom is 0.302 e. The van der Waals surface area contributed by atoms with E-state index in [1.165, 1.54) is 6.92 Å². The minimum Gasteiger partial charge on any atom is -0.485 e. The van der Waals surface area contributed by atoms with Crippen molar-refractivity contribution in [3.8, 4) is 11.5 Å². The van der Waals surface area contributed by atoms with Gasteiger partial charge in [0.15, 0.2) is 11.5 Å². The van der Waals surface area contributed by atoms with Crippen LogP contribution in [-0.2, 0) is 29.2 Å². The monoisotopic (exact) mass is 516 g/mol. The lowest BCUT2D eigenvalue weighted by atomic mass is 10.1. The Bertz CT molecular complexity index is 958. The molecule has 0 saturated carbocycles. The predicted molar refractivity (Wildman–Crippen MR) is 126 cm³/mol. The third kappa shape index (κ3) is 6.76. The molecule has 156 valence electrons. The summed E-state index contributed by atoms with van der Waals surface area (Å²) in [6.07, 6.45) is 0.396. The van der Waals surface area contributed by atoms with Crippen molar-refractivity contribution in [1.82, 2.24) is 0 Å². The van der Waals surface area contributed by atoms with Gasteiger partial charge in [0.1, 0.15) is 19.3 Å². The van der Waals surface area contributed by atoms with Crippen molar-refractivity contribution in [2.24, 2.45) is 0 Å². The summed E-state index contributed by atoms with van der Waals surface area (Å²) in [4.78, 5) is 11.3. The first-order chi connectivity index (χ1) is 14.5. The van der Waals surface area contributed by atoms with E-state index in [-0.39, 0.29) is 12.1 Å². The fraction of sp³-hybridized carbons (Fsp3) is 0.240. The number of esters is 1. The van der Waals surface area contributed by atoms with Gasteiger partial charge in [0, 0.05) is 16.9 Å². The van der Waals surface area contributed by atoms with Gasteiger partial charge < -0.3 is 14.2 Å². The lowest BCUT2D eigenvalue weighted by molar-refractivity contribution is -0.145. The van der Waals surface area contributed by atoms with Crippen LogP contribution >= 0.6 is 22.6 Å². The molecule has 0 saturated heterocycles. The lowest BCUT2D eigenvalue weighted by Gasteiger charge is -2.18. The summed E-state index contributed by atoms with van der Waals surface area (Å²) in [6.45, 7) is 4.22. The van der Waals surface area contributed by atoms with Gasteiger partial charge in [0.2, 0.25) is 0 Å². The number of carbonyl (C=O) groups is 1. The van der Waals surface area contributed by atoms with Crippen LogP contribution in [0, 0.1) is 3.57 Å². The van der Waals surface area contributed by atoms with Gasteiger partial charge >= 0.3 is 5.97 Å². The van der Waals surface area contributed by atoms with Crippen molar-refractivity contribution >= 4 is 28.6 Å². The molecule has 5 heteroatoms. The van der Waals surface area contributed by atoms with Crippen molar-refractivity contribution in [2.75, 3.05) is 0 Å². The van der Waals surface area contributed by atoms with Gasteiger partial charge in [-0.2, -0.15) is 0 Å². The highest BCUT2D eigenvalue weighted by Crippen LogP contribution is 2.34. The predicted octanol–water partition coefficient (Wildman–Crippen LogP) is 5.94. The molecule has 30 heavy (non-hydrogen) atoms. The molecule has 0 N–H and O–H groups in total. The van der Waals surface area contributed by atoms with Gasteiger partial charge in [0.25, 0.3) is 0 Å². The van der Waals surface area contributed by atoms with E-state index in [0.717, 1.165) is 20.3 Å². The number of halogens is 1. The highest BCUT2D eigenvalue weighted by Gasteiger charge is 2.15. The van der Waals surface area contributed by atoms with Gasteiger partial charge in [-0.25, -0.2) is 0 Å². The van der Waals surface area contributed by atoms with E-state index >= 15 is 0 Å². The summed E-state index contributed by atoms with van der Waals surface area (Å²) < 4.78 is 18.6. The molecule has 3 aromatic rings. The van der Waals surface area contributed by atoms with Crippen molar-refractivity contribution in [3.63, 3.8) is 0 Å². The average molecular weight is 516 g/mol. The molecule has 0 aliphatic carbocycles. The molecule has 0 radical (unpaired) electrons. The molecule has 3 rings (SSSR count). The molecule has 0 aliphatic rings. The highest BCUT2D eigenvalue weighted by molar-refractivity contribution is 14.1. The summed E-state index contributed by atoms with van der Waals surface area (Å²) in [6, 6.07) is 24.0. The molecule has 0 bridgehead atoms. The summed E-state index contributed by atoms with van der Waals surface area (Å²) in [5.41, 5.74) is 3.23. The molecule has 0 aliphatic heterocycles. The van der Waals surface area contributed by atoms with Crippen LogP contribution in [0.3, 0.4) is 0 Å². The molecule has 0 amide bonds. The Hall–Kier alpha value is -2.54. The number of benzene rings is 3. The summed E-state index contributed by atoms with van der Waals surface area (Å²) >= 11 is 2.29. The Morgan fingerprint density at radius 2 is 1.37 bits per heavy atom. The quantitative estimate of drug-likeness (QED) is 0.261. The normalized spacial score (nSPS) is 11.6. The highest BCUT2D eigenvalue weighted by atomic mass is 127. The third-order valence-electron chi connectivity index (χ3n) is 4.46. The number of ether oxygens (including phenoxy) is 3. The maximum atomic E-state index is 11.3. The zero-order valence-electron chi connectivity index (χ0n) is 17.1. The lowest BCUT2D eigenvalue weighted by Crippen LogP contribution is -2.15. The van der Waals surface area contributed by atoms with E-state index in [2.05, 4.69) is 22.6 Å². The Kier molecular flexibility index (Phi) is 8.13. The molecule has 3 aromatic carbocycles. The second kappa shape index (κ2) is 11.0. The van der Waals surface area contributed by atoms with Gasteiger partial charge in [-0.1, -0.05) is 60.7 Å². The number of hydrogen-bond acceptors (Lipinski definition) is 4. The van der Waals surface area contributed by atoms with Crippen LogP contribution < -0.4 is 9.47 Å². The SMILES string of the molecule is CC(=O)O[C@@H](C)Cc1cc(OCc2ccccc2)c(OCc2ccccc2)cc1I. The van der Waals surface area contributed by atoms with E-state index in [1.807, 2.05) is 79.7 Å². The molecule has 0 spiro atoms. The summed E-state index contributed by atoms with van der Waals surface area (Å²) in [5.74, 6) is 1.10. The first-order valence-electron chi connectivity index (χ1n) is 9.84. The Balaban J connectivity index is 1.81. The topological polar surface area (TPSA) is 44.8 Å². The number of rotatable bonds is 9. The molecular formula is C25H25IO4. The van der Waals surface area contributed by atoms with E-state index in [4.69, 9.17) is 14.2 Å². The van der Waals surface area contributed by atoms with Crippen molar-refractivity contribution in [1.29, 1.82) is 0 Å². The molecule has 0 aromatic heterocycles. The maximum absolute atomic E-state index is 11.3. The fourth-order valence-electron chi connectivity index (χ4n) is 3.06. The third-order valence-corrected chi connectivity index (χ3v) is 5.47. The number of hydrogen-bond donors (Lipinski definition) is 0. The van der Waals surface area contributed by atoms with Crippen molar-refractivity contribution in [3.05, 3.63) is 93.1 Å². The zero-order chi connectivity index (χ0) is 21.3. The van der Waals surface area contributed by atoms with Crippen LogP contribution in [0.4, 0.5) is 0 Å². The first kappa shape index (κ1) is 22.2. The minimum absolute atomic E-state index is 0.214. The van der Waals surface area contributed by atoms with E-state index in [9.17, 15) is 4.79 Å². The smallest absolute Gasteiger partial charge is 0.302 e. The van der Waals surface area contributed by atoms with Crippen molar-refractivity contribution < 1.29 is 19.0 Å². The Morgan fingerprint density at radius 1 is 0.867 bits per heavy atom. The Morgan fingerprint density at radius 3 is 1.87 bits per heavy atom. The second-order valence-corrected chi connectivity index (χ2v) is 8.23. The molecule has 0 fully saturated rings. The summed E-state index contributed by atoms with van der Waals surface area (Å²) in [5, 5.41) is 0. The summed E-state index contributed by atoms with van der Waals surface area (Å²) in [7, 11) is 0. The van der Waals surface area contributed by atoms with Crippen LogP contribution in [0.5, 0.6) is 11.5 Å². The average Bonchev–Trinajstić information content (AvgIpc) is 2.73. The number of carbonyl (C=O) groups excluding carboxylic acids is 1. The van der Waals surface area contributed by atoms with Crippen LogP contribution in [0.2, 0.25) is 0 Å². The fourth-order valence-corrected chi connectivity index (χ4v) is 3.72. The van der Waals surface area contributed by atoms with Gasteiger partial charge in [-0.3, -0.25) is 4.79 Å². The molecule has 1 atom stereocenters. The standard InChI is InChI=1S/C25H25IO4/c1-18(30-19(2)27)13-22-14-24(28-16-20-9-5-3-6-10-20)25(15-23(22)26)29-17-21-11-7-4-8-12-21/h3-12,14-15,18H,13,16-17H2,1-2H3/t18-/m0/s1. The van der Waals surface area contributed by atoms with E-state index in [1.54, 1.807) is 0 Å². The van der Waals surface area contributed by atoms with Crippen LogP contribution in [0.1, 0.15) is 30.5 Å². The minimum atomic E-state index is -0.277. The molecular weight excluding hydrogens is 491 g/mol. The van der Waals surface area contributed by atoms with Crippen LogP contribution in [0.25, 0.3) is 0 Å². The van der Waals surface area contributed by atoms with Crippen molar-refractivity contribution in [2.45, 2.75) is 39.6 Å². The van der Waals surface area contributed by atoms with Gasteiger partial charge in [0.05, 0.1) is 0 Å². The largest absolute Gasteiger partial charge is 0.485 e. The molecule has 4 nitrogen and oxygen atoms in total. The Labute approximate surface area is 191 Å². The molecule has 0 unspecified atom stereocenters. The van der Waals surface area contributed by atoms with E-state index in [0.29, 0.717) is 31.1 Å². The van der Waals surface area contributed by atoms with Crippen LogP contribution in [0.15, 0.2) is 72.8 Å². The van der Waals surface area contributed by atoms with Gasteiger partial charge in [-0.15, -0.1) is 0 Å². The second-order valence-electron chi connectivity index (χ2n) is 7.06.